The first-order chi connectivity index (χ1) is 7.67. The van der Waals surface area contributed by atoms with Gasteiger partial charge in [-0.25, -0.2) is 4.79 Å². The van der Waals surface area contributed by atoms with E-state index in [2.05, 4.69) is 6.58 Å². The normalized spacial score (nSPS) is 11.8. The molecule has 0 spiro atoms. The molecule has 0 aromatic heterocycles. The van der Waals surface area contributed by atoms with E-state index in [0.717, 1.165) is 18.4 Å². The molecule has 0 aliphatic carbocycles. The van der Waals surface area contributed by atoms with Gasteiger partial charge in [0, 0.05) is 11.8 Å². The molecule has 16 heavy (non-hydrogen) atoms. The van der Waals surface area contributed by atoms with Gasteiger partial charge < -0.3 is 10.5 Å². The first-order valence-corrected chi connectivity index (χ1v) is 5.35. The smallest absolute Gasteiger partial charge is 0.330 e. The van der Waals surface area contributed by atoms with Crippen LogP contribution >= 0.6 is 0 Å². The highest BCUT2D eigenvalue weighted by molar-refractivity contribution is 5.81. The van der Waals surface area contributed by atoms with Gasteiger partial charge in [-0.15, -0.1) is 0 Å². The molecule has 0 saturated heterocycles. The molecule has 0 fully saturated rings. The van der Waals surface area contributed by atoms with E-state index in [9.17, 15) is 4.79 Å². The molecule has 1 atom stereocenters. The quantitative estimate of drug-likeness (QED) is 0.470. The SMILES string of the molecule is C=CC(=O)OC(CCC)c1ccc(N)cc1. The lowest BCUT2D eigenvalue weighted by Crippen LogP contribution is -2.09. The molecular formula is C13H17NO2. The number of carbonyl (C=O) groups is 1. The minimum atomic E-state index is -0.393. The van der Waals surface area contributed by atoms with Crippen molar-refractivity contribution in [3.05, 3.63) is 42.5 Å². The Bertz CT molecular complexity index is 357. The van der Waals surface area contributed by atoms with Crippen LogP contribution in [0.25, 0.3) is 0 Å². The molecule has 2 N–H and O–H groups in total. The first-order valence-electron chi connectivity index (χ1n) is 5.35. The predicted octanol–water partition coefficient (Wildman–Crippen LogP) is 2.84. The molecule has 86 valence electrons. The van der Waals surface area contributed by atoms with E-state index in [1.165, 1.54) is 6.08 Å². The van der Waals surface area contributed by atoms with Gasteiger partial charge in [-0.05, 0) is 24.1 Å². The Morgan fingerprint density at radius 1 is 1.50 bits per heavy atom. The number of rotatable bonds is 5. The van der Waals surface area contributed by atoms with Gasteiger partial charge in [0.2, 0.25) is 0 Å². The average Bonchev–Trinajstić information content (AvgIpc) is 2.29. The van der Waals surface area contributed by atoms with Crippen LogP contribution in [0.3, 0.4) is 0 Å². The van der Waals surface area contributed by atoms with Crippen LogP contribution in [0.5, 0.6) is 0 Å². The lowest BCUT2D eigenvalue weighted by atomic mass is 10.0. The third kappa shape index (κ3) is 3.42. The highest BCUT2D eigenvalue weighted by Crippen LogP contribution is 2.23. The molecular weight excluding hydrogens is 202 g/mol. The molecule has 1 aromatic carbocycles. The summed E-state index contributed by atoms with van der Waals surface area (Å²) >= 11 is 0. The minimum absolute atomic E-state index is 0.212. The maximum absolute atomic E-state index is 11.2. The maximum Gasteiger partial charge on any atom is 0.330 e. The van der Waals surface area contributed by atoms with Crippen molar-refractivity contribution in [2.45, 2.75) is 25.9 Å². The van der Waals surface area contributed by atoms with Crippen molar-refractivity contribution in [3.63, 3.8) is 0 Å². The van der Waals surface area contributed by atoms with Crippen molar-refractivity contribution in [1.82, 2.24) is 0 Å². The summed E-state index contributed by atoms with van der Waals surface area (Å²) in [5.74, 6) is -0.393. The third-order valence-electron chi connectivity index (χ3n) is 2.28. The Kier molecular flexibility index (Phi) is 4.58. The molecule has 0 saturated carbocycles. The first kappa shape index (κ1) is 12.3. The Labute approximate surface area is 95.9 Å². The largest absolute Gasteiger partial charge is 0.454 e. The fourth-order valence-electron chi connectivity index (χ4n) is 1.45. The Morgan fingerprint density at radius 3 is 2.62 bits per heavy atom. The molecule has 1 aromatic rings. The molecule has 0 heterocycles. The highest BCUT2D eigenvalue weighted by Gasteiger charge is 2.13. The maximum atomic E-state index is 11.2. The number of hydrogen-bond donors (Lipinski definition) is 1. The number of esters is 1. The van der Waals surface area contributed by atoms with Crippen LogP contribution in [0.15, 0.2) is 36.9 Å². The Hall–Kier alpha value is -1.77. The lowest BCUT2D eigenvalue weighted by Gasteiger charge is -2.16. The summed E-state index contributed by atoms with van der Waals surface area (Å²) in [6.07, 6.45) is 2.71. The highest BCUT2D eigenvalue weighted by atomic mass is 16.5. The summed E-state index contributed by atoms with van der Waals surface area (Å²) < 4.78 is 5.27. The fourth-order valence-corrected chi connectivity index (χ4v) is 1.45. The van der Waals surface area contributed by atoms with Crippen LogP contribution in [-0.2, 0) is 9.53 Å². The minimum Gasteiger partial charge on any atom is -0.454 e. The third-order valence-corrected chi connectivity index (χ3v) is 2.28. The molecule has 0 amide bonds. The second-order valence-electron chi connectivity index (χ2n) is 3.58. The molecule has 1 rings (SSSR count). The summed E-state index contributed by atoms with van der Waals surface area (Å²) in [7, 11) is 0. The van der Waals surface area contributed by atoms with Crippen molar-refractivity contribution in [2.75, 3.05) is 5.73 Å². The summed E-state index contributed by atoms with van der Waals surface area (Å²) in [5.41, 5.74) is 7.27. The average molecular weight is 219 g/mol. The topological polar surface area (TPSA) is 52.3 Å². The molecule has 0 bridgehead atoms. The predicted molar refractivity (Wildman–Crippen MR) is 64.8 cm³/mol. The van der Waals surface area contributed by atoms with Crippen LogP contribution < -0.4 is 5.73 Å². The Morgan fingerprint density at radius 2 is 2.12 bits per heavy atom. The van der Waals surface area contributed by atoms with E-state index >= 15 is 0 Å². The summed E-state index contributed by atoms with van der Waals surface area (Å²) in [5, 5.41) is 0. The van der Waals surface area contributed by atoms with Crippen molar-refractivity contribution in [3.8, 4) is 0 Å². The van der Waals surface area contributed by atoms with Crippen LogP contribution in [0.2, 0.25) is 0 Å². The second-order valence-corrected chi connectivity index (χ2v) is 3.58. The number of carbonyl (C=O) groups excluding carboxylic acids is 1. The zero-order valence-electron chi connectivity index (χ0n) is 9.48. The van der Waals surface area contributed by atoms with E-state index in [1.807, 2.05) is 19.1 Å². The molecule has 0 radical (unpaired) electrons. The van der Waals surface area contributed by atoms with Gasteiger partial charge >= 0.3 is 5.97 Å². The molecule has 1 unspecified atom stereocenters. The Balaban J connectivity index is 2.80. The van der Waals surface area contributed by atoms with Crippen LogP contribution in [0, 0.1) is 0 Å². The number of ether oxygens (including phenoxy) is 1. The van der Waals surface area contributed by atoms with E-state index in [0.29, 0.717) is 5.69 Å². The molecule has 0 aliphatic heterocycles. The van der Waals surface area contributed by atoms with Gasteiger partial charge in [0.25, 0.3) is 0 Å². The van der Waals surface area contributed by atoms with Crippen molar-refractivity contribution < 1.29 is 9.53 Å². The van der Waals surface area contributed by atoms with E-state index < -0.39 is 5.97 Å². The number of nitrogen functional groups attached to an aromatic ring is 1. The summed E-state index contributed by atoms with van der Waals surface area (Å²) in [6.45, 7) is 5.43. The number of hydrogen-bond acceptors (Lipinski definition) is 3. The van der Waals surface area contributed by atoms with Gasteiger partial charge in [0.05, 0.1) is 0 Å². The van der Waals surface area contributed by atoms with E-state index in [-0.39, 0.29) is 6.10 Å². The van der Waals surface area contributed by atoms with Gasteiger partial charge in [-0.3, -0.25) is 0 Å². The van der Waals surface area contributed by atoms with Crippen LogP contribution in [-0.4, -0.2) is 5.97 Å². The number of anilines is 1. The zero-order valence-corrected chi connectivity index (χ0v) is 9.48. The lowest BCUT2D eigenvalue weighted by molar-refractivity contribution is -0.143. The van der Waals surface area contributed by atoms with E-state index in [4.69, 9.17) is 10.5 Å². The summed E-state index contributed by atoms with van der Waals surface area (Å²) in [6, 6.07) is 7.37. The van der Waals surface area contributed by atoms with Gasteiger partial charge in [-0.2, -0.15) is 0 Å². The number of nitrogens with two attached hydrogens (primary N) is 1. The van der Waals surface area contributed by atoms with Gasteiger partial charge in [0.15, 0.2) is 0 Å². The summed E-state index contributed by atoms with van der Waals surface area (Å²) in [4.78, 5) is 11.2. The van der Waals surface area contributed by atoms with Crippen molar-refractivity contribution in [2.24, 2.45) is 0 Å². The second kappa shape index (κ2) is 5.95. The van der Waals surface area contributed by atoms with Crippen LogP contribution in [0.1, 0.15) is 31.4 Å². The molecule has 0 aliphatic rings. The monoisotopic (exact) mass is 219 g/mol. The molecule has 3 heteroatoms. The standard InChI is InChI=1S/C13H17NO2/c1-3-5-12(16-13(15)4-2)10-6-8-11(14)9-7-10/h4,6-9,12H,2-3,5,14H2,1H3. The zero-order chi connectivity index (χ0) is 12.0. The fraction of sp³-hybridized carbons (Fsp3) is 0.308. The van der Waals surface area contributed by atoms with Crippen molar-refractivity contribution >= 4 is 11.7 Å². The van der Waals surface area contributed by atoms with Crippen LogP contribution in [0.4, 0.5) is 5.69 Å². The van der Waals surface area contributed by atoms with Gasteiger partial charge in [-0.1, -0.05) is 32.1 Å². The molecule has 3 nitrogen and oxygen atoms in total. The van der Waals surface area contributed by atoms with Gasteiger partial charge in [0.1, 0.15) is 6.10 Å². The van der Waals surface area contributed by atoms with E-state index in [1.54, 1.807) is 12.1 Å². The number of benzene rings is 1. The van der Waals surface area contributed by atoms with Crippen molar-refractivity contribution in [1.29, 1.82) is 0 Å².